The minimum absolute atomic E-state index is 0.0134. The molecule has 0 saturated carbocycles. The lowest BCUT2D eigenvalue weighted by Crippen LogP contribution is -2.30. The number of halogens is 1. The maximum atomic E-state index is 14.3. The number of nitrogens with zero attached hydrogens (tertiary/aromatic N) is 1. The quantitative estimate of drug-likeness (QED) is 0.713. The summed E-state index contributed by atoms with van der Waals surface area (Å²) in [6.07, 6.45) is -1.19. The van der Waals surface area contributed by atoms with Crippen molar-refractivity contribution in [1.29, 1.82) is 0 Å². The van der Waals surface area contributed by atoms with Crippen molar-refractivity contribution in [3.63, 3.8) is 0 Å². The Bertz CT molecular complexity index is 832. The molecule has 0 aliphatic heterocycles. The van der Waals surface area contributed by atoms with Crippen molar-refractivity contribution in [2.45, 2.75) is 19.6 Å². The summed E-state index contributed by atoms with van der Waals surface area (Å²) in [5, 5.41) is 4.39. The monoisotopic (exact) mass is 304 g/mol. The van der Waals surface area contributed by atoms with Crippen LogP contribution >= 0.6 is 0 Å². The largest absolute Gasteiger partial charge is 0.353 e. The zero-order chi connectivity index (χ0) is 16.6. The molecule has 1 N–H and O–H groups in total. The minimum Gasteiger partial charge on any atom is -0.353 e. The van der Waals surface area contributed by atoms with Crippen LogP contribution in [0, 0.1) is 0 Å². The summed E-state index contributed by atoms with van der Waals surface area (Å²) < 4.78 is 16.2. The lowest BCUT2D eigenvalue weighted by Gasteiger charge is -2.12. The lowest BCUT2D eigenvalue weighted by atomic mass is 9.92. The van der Waals surface area contributed by atoms with E-state index < -0.39 is 6.17 Å². The Balaban J connectivity index is 2.08. The highest BCUT2D eigenvalue weighted by atomic mass is 19.1. The van der Waals surface area contributed by atoms with E-state index in [1.54, 1.807) is 12.1 Å². The van der Waals surface area contributed by atoms with Gasteiger partial charge in [0.1, 0.15) is 21.9 Å². The summed E-state index contributed by atoms with van der Waals surface area (Å²) in [6.45, 7) is 1.51. The van der Waals surface area contributed by atoms with Crippen molar-refractivity contribution in [3.05, 3.63) is 36.4 Å². The van der Waals surface area contributed by atoms with Gasteiger partial charge in [0.2, 0.25) is 5.91 Å². The number of carbonyl (C=O) groups is 1. The van der Waals surface area contributed by atoms with Crippen molar-refractivity contribution >= 4 is 54.3 Å². The molecule has 6 heteroatoms. The van der Waals surface area contributed by atoms with Crippen molar-refractivity contribution < 1.29 is 9.18 Å². The fraction of sp³-hybridized carbons (Fsp3) is 0.235. The maximum absolute atomic E-state index is 14.3. The van der Waals surface area contributed by atoms with Gasteiger partial charge in [0, 0.05) is 28.7 Å². The van der Waals surface area contributed by atoms with Crippen LogP contribution in [-0.2, 0) is 11.3 Å². The lowest BCUT2D eigenvalue weighted by molar-refractivity contribution is -0.119. The molecule has 3 nitrogen and oxygen atoms in total. The van der Waals surface area contributed by atoms with Crippen molar-refractivity contribution in [1.82, 2.24) is 9.88 Å². The van der Waals surface area contributed by atoms with Crippen molar-refractivity contribution in [3.8, 4) is 0 Å². The normalized spacial score (nSPS) is 12.6. The summed E-state index contributed by atoms with van der Waals surface area (Å²) in [7, 11) is 11.8. The van der Waals surface area contributed by atoms with Gasteiger partial charge in [-0.05, 0) is 12.1 Å². The number of rotatable bonds is 4. The van der Waals surface area contributed by atoms with Gasteiger partial charge >= 0.3 is 0 Å². The molecule has 1 unspecified atom stereocenters. The van der Waals surface area contributed by atoms with E-state index >= 15 is 0 Å². The first kappa shape index (κ1) is 15.7. The number of benzene rings is 2. The average Bonchev–Trinajstić information content (AvgIpc) is 2.78. The van der Waals surface area contributed by atoms with Crippen molar-refractivity contribution in [2.75, 3.05) is 6.54 Å². The molecule has 23 heavy (non-hydrogen) atoms. The van der Waals surface area contributed by atoms with Crippen molar-refractivity contribution in [2.24, 2.45) is 0 Å². The van der Waals surface area contributed by atoms with Crippen LogP contribution in [-0.4, -0.2) is 38.9 Å². The van der Waals surface area contributed by atoms with Crippen LogP contribution in [0.3, 0.4) is 0 Å². The molecule has 3 aromatic rings. The number of hydrogen-bond acceptors (Lipinski definition) is 1. The van der Waals surface area contributed by atoms with Crippen LogP contribution in [0.4, 0.5) is 4.39 Å². The van der Waals surface area contributed by atoms with E-state index in [1.807, 2.05) is 28.8 Å². The molecule has 2 aromatic carbocycles. The Morgan fingerprint density at radius 3 is 2.13 bits per heavy atom. The second-order valence-corrected chi connectivity index (χ2v) is 5.70. The standard InChI is InChI=1S/C17H15B2FN2O/c1-10(23)21-8-13(20)9-22-16-4-2-11(18)6-14(16)15-7-12(19)3-5-17(15)22/h2-7,13H,8-9H2,1H3,(H,21,23). The first-order chi connectivity index (χ1) is 11.0. The van der Waals surface area contributed by atoms with E-state index in [0.717, 1.165) is 21.8 Å². The molecule has 3 rings (SSSR count). The molecule has 0 spiro atoms. The third-order valence-corrected chi connectivity index (χ3v) is 3.87. The Kier molecular flexibility index (Phi) is 4.16. The molecule has 4 radical (unpaired) electrons. The van der Waals surface area contributed by atoms with E-state index in [2.05, 4.69) is 5.32 Å². The number of amides is 1. The second-order valence-electron chi connectivity index (χ2n) is 5.70. The summed E-state index contributed by atoms with van der Waals surface area (Å²) in [4.78, 5) is 10.9. The van der Waals surface area contributed by atoms with Gasteiger partial charge in [-0.3, -0.25) is 4.79 Å². The van der Waals surface area contributed by atoms with Crippen LogP contribution < -0.4 is 16.2 Å². The van der Waals surface area contributed by atoms with Crippen LogP contribution in [0.2, 0.25) is 0 Å². The topological polar surface area (TPSA) is 34.0 Å². The predicted octanol–water partition coefficient (Wildman–Crippen LogP) is 0.856. The molecule has 112 valence electrons. The van der Waals surface area contributed by atoms with Gasteiger partial charge in [0.05, 0.1) is 13.1 Å². The summed E-state index contributed by atoms with van der Waals surface area (Å²) in [5.41, 5.74) is 3.08. The molecule has 0 aliphatic rings. The molecule has 0 saturated heterocycles. The molecule has 0 bridgehead atoms. The third-order valence-electron chi connectivity index (χ3n) is 3.87. The maximum Gasteiger partial charge on any atom is 0.216 e. The van der Waals surface area contributed by atoms with Gasteiger partial charge in [-0.25, -0.2) is 4.39 Å². The van der Waals surface area contributed by atoms with E-state index in [4.69, 9.17) is 15.7 Å². The average molecular weight is 304 g/mol. The Morgan fingerprint density at radius 1 is 1.13 bits per heavy atom. The van der Waals surface area contributed by atoms with Crippen LogP contribution in [0.5, 0.6) is 0 Å². The highest BCUT2D eigenvalue weighted by molar-refractivity contribution is 6.35. The molecule has 1 aromatic heterocycles. The van der Waals surface area contributed by atoms with Gasteiger partial charge in [-0.1, -0.05) is 35.2 Å². The van der Waals surface area contributed by atoms with E-state index in [9.17, 15) is 9.18 Å². The van der Waals surface area contributed by atoms with Crippen LogP contribution in [0.25, 0.3) is 21.8 Å². The second kappa shape index (κ2) is 6.11. The molecular formula is C17H15B2FN2O. The molecule has 0 aliphatic carbocycles. The number of nitrogens with one attached hydrogen (secondary N) is 1. The van der Waals surface area contributed by atoms with Crippen LogP contribution in [0.1, 0.15) is 6.92 Å². The van der Waals surface area contributed by atoms with Gasteiger partial charge in [-0.2, -0.15) is 0 Å². The zero-order valence-corrected chi connectivity index (χ0v) is 12.8. The number of hydrogen-bond donors (Lipinski definition) is 1. The number of aromatic nitrogens is 1. The number of alkyl halides is 1. The first-order valence-corrected chi connectivity index (χ1v) is 7.41. The fourth-order valence-corrected chi connectivity index (χ4v) is 2.85. The fourth-order valence-electron chi connectivity index (χ4n) is 2.85. The molecule has 1 heterocycles. The smallest absolute Gasteiger partial charge is 0.216 e. The highest BCUT2D eigenvalue weighted by Crippen LogP contribution is 2.28. The SMILES string of the molecule is [B]c1ccc2c(c1)c1cc([B])ccc1n2CC(F)CNC(C)=O. The van der Waals surface area contributed by atoms with Gasteiger partial charge in [0.15, 0.2) is 0 Å². The van der Waals surface area contributed by atoms with Gasteiger partial charge < -0.3 is 9.88 Å². The zero-order valence-electron chi connectivity index (χ0n) is 12.8. The number of carbonyl (C=O) groups excluding carboxylic acids is 1. The van der Waals surface area contributed by atoms with Crippen LogP contribution in [0.15, 0.2) is 36.4 Å². The molecule has 1 atom stereocenters. The minimum atomic E-state index is -1.19. The van der Waals surface area contributed by atoms with E-state index in [1.165, 1.54) is 6.92 Å². The highest BCUT2D eigenvalue weighted by Gasteiger charge is 2.15. The van der Waals surface area contributed by atoms with Gasteiger partial charge in [0.25, 0.3) is 0 Å². The first-order valence-electron chi connectivity index (χ1n) is 7.41. The third kappa shape index (κ3) is 3.11. The Labute approximate surface area is 136 Å². The van der Waals surface area contributed by atoms with E-state index in [-0.39, 0.29) is 19.0 Å². The summed E-state index contributed by atoms with van der Waals surface area (Å²) >= 11 is 0. The number of fused-ring (bicyclic) bond motifs is 3. The Hall–Kier alpha value is -2.23. The Morgan fingerprint density at radius 2 is 1.65 bits per heavy atom. The molecule has 0 fully saturated rings. The molecular weight excluding hydrogens is 289 g/mol. The predicted molar refractivity (Wildman–Crippen MR) is 93.8 cm³/mol. The summed E-state index contributed by atoms with van der Waals surface area (Å²) in [6, 6.07) is 11.1. The molecule has 1 amide bonds. The van der Waals surface area contributed by atoms with E-state index in [0.29, 0.717) is 10.9 Å². The summed E-state index contributed by atoms with van der Waals surface area (Å²) in [5.74, 6) is -0.240. The van der Waals surface area contributed by atoms with Gasteiger partial charge in [-0.15, -0.1) is 0 Å².